The van der Waals surface area contributed by atoms with Gasteiger partial charge in [-0.25, -0.2) is 9.97 Å². The molecule has 2 aromatic rings. The van der Waals surface area contributed by atoms with Crippen LogP contribution in [0.25, 0.3) is 11.2 Å². The van der Waals surface area contributed by atoms with Gasteiger partial charge in [0.15, 0.2) is 6.39 Å². The Morgan fingerprint density at radius 2 is 2.29 bits per heavy atom. The standard InChI is InChI=1S/C10H13N3O/c1-6(2)3-8-7(11)4-9-10(13-8)14-5-12-9/h4-6H,3,11H2,1-2H3. The van der Waals surface area contributed by atoms with Gasteiger partial charge in [0.2, 0.25) is 5.71 Å². The third-order valence-corrected chi connectivity index (χ3v) is 2.04. The van der Waals surface area contributed by atoms with Crippen molar-refractivity contribution in [3.63, 3.8) is 0 Å². The molecule has 0 aliphatic heterocycles. The summed E-state index contributed by atoms with van der Waals surface area (Å²) >= 11 is 0. The van der Waals surface area contributed by atoms with E-state index in [1.807, 2.05) is 6.07 Å². The zero-order chi connectivity index (χ0) is 10.1. The van der Waals surface area contributed by atoms with Gasteiger partial charge in [0.05, 0.1) is 11.4 Å². The van der Waals surface area contributed by atoms with E-state index in [9.17, 15) is 0 Å². The topological polar surface area (TPSA) is 64.9 Å². The van der Waals surface area contributed by atoms with Crippen LogP contribution >= 0.6 is 0 Å². The second-order valence-electron chi connectivity index (χ2n) is 3.80. The first kappa shape index (κ1) is 8.99. The Labute approximate surface area is 82.1 Å². The molecule has 2 rings (SSSR count). The molecule has 2 aromatic heterocycles. The van der Waals surface area contributed by atoms with E-state index in [0.29, 0.717) is 17.3 Å². The van der Waals surface area contributed by atoms with Gasteiger partial charge in [-0.2, -0.15) is 0 Å². The number of nitrogens with two attached hydrogens (primary N) is 1. The van der Waals surface area contributed by atoms with E-state index in [-0.39, 0.29) is 0 Å². The van der Waals surface area contributed by atoms with E-state index in [1.54, 1.807) is 0 Å². The summed E-state index contributed by atoms with van der Waals surface area (Å²) in [5.74, 6) is 0.533. The highest BCUT2D eigenvalue weighted by Gasteiger charge is 2.08. The molecular formula is C10H13N3O. The van der Waals surface area contributed by atoms with Gasteiger partial charge >= 0.3 is 0 Å². The first-order chi connectivity index (χ1) is 6.66. The van der Waals surface area contributed by atoms with E-state index in [0.717, 1.165) is 17.6 Å². The molecule has 0 unspecified atom stereocenters. The monoisotopic (exact) mass is 191 g/mol. The van der Waals surface area contributed by atoms with Crippen LogP contribution in [0.2, 0.25) is 0 Å². The summed E-state index contributed by atoms with van der Waals surface area (Å²) in [4.78, 5) is 8.31. The highest BCUT2D eigenvalue weighted by molar-refractivity contribution is 5.73. The number of nitrogen functional groups attached to an aromatic ring is 1. The SMILES string of the molecule is CC(C)Cc1nc2ocnc2cc1N. The fraction of sp³-hybridized carbons (Fsp3) is 0.400. The largest absolute Gasteiger partial charge is 0.425 e. The molecule has 0 saturated heterocycles. The summed E-state index contributed by atoms with van der Waals surface area (Å²) in [6, 6.07) is 1.81. The van der Waals surface area contributed by atoms with Gasteiger partial charge in [-0.05, 0) is 18.4 Å². The lowest BCUT2D eigenvalue weighted by Crippen LogP contribution is -2.02. The number of oxazole rings is 1. The van der Waals surface area contributed by atoms with E-state index in [2.05, 4.69) is 23.8 Å². The van der Waals surface area contributed by atoms with Crippen molar-refractivity contribution in [3.05, 3.63) is 18.2 Å². The maximum absolute atomic E-state index is 5.85. The van der Waals surface area contributed by atoms with Crippen LogP contribution in [-0.2, 0) is 6.42 Å². The van der Waals surface area contributed by atoms with E-state index in [4.69, 9.17) is 10.2 Å². The van der Waals surface area contributed by atoms with E-state index < -0.39 is 0 Å². The Bertz CT molecular complexity index is 448. The van der Waals surface area contributed by atoms with Crippen molar-refractivity contribution < 1.29 is 4.42 Å². The molecule has 0 atom stereocenters. The van der Waals surface area contributed by atoms with E-state index in [1.165, 1.54) is 6.39 Å². The molecule has 0 amide bonds. The summed E-state index contributed by atoms with van der Waals surface area (Å²) in [6.45, 7) is 4.26. The van der Waals surface area contributed by atoms with Crippen molar-refractivity contribution in [3.8, 4) is 0 Å². The van der Waals surface area contributed by atoms with Crippen LogP contribution < -0.4 is 5.73 Å². The number of hydrogen-bond acceptors (Lipinski definition) is 4. The summed E-state index contributed by atoms with van der Waals surface area (Å²) in [5, 5.41) is 0. The molecule has 0 saturated carbocycles. The van der Waals surface area contributed by atoms with Gasteiger partial charge in [0.25, 0.3) is 0 Å². The minimum absolute atomic E-state index is 0.533. The Morgan fingerprint density at radius 3 is 3.00 bits per heavy atom. The Kier molecular flexibility index (Phi) is 2.11. The number of rotatable bonds is 2. The number of anilines is 1. The third kappa shape index (κ3) is 1.55. The lowest BCUT2D eigenvalue weighted by molar-refractivity contribution is 0.583. The molecule has 0 fully saturated rings. The number of fused-ring (bicyclic) bond motifs is 1. The van der Waals surface area contributed by atoms with Crippen molar-refractivity contribution in [2.75, 3.05) is 5.73 Å². The molecule has 4 nitrogen and oxygen atoms in total. The second-order valence-corrected chi connectivity index (χ2v) is 3.80. The van der Waals surface area contributed by atoms with Crippen molar-refractivity contribution in [1.29, 1.82) is 0 Å². The van der Waals surface area contributed by atoms with Crippen LogP contribution in [0, 0.1) is 5.92 Å². The number of nitrogens with zero attached hydrogens (tertiary/aromatic N) is 2. The third-order valence-electron chi connectivity index (χ3n) is 2.04. The maximum atomic E-state index is 5.85. The second kappa shape index (κ2) is 3.29. The molecule has 0 aliphatic carbocycles. The average molecular weight is 191 g/mol. The van der Waals surface area contributed by atoms with Crippen molar-refractivity contribution in [1.82, 2.24) is 9.97 Å². The van der Waals surface area contributed by atoms with Gasteiger partial charge in [0.1, 0.15) is 5.52 Å². The quantitative estimate of drug-likeness (QED) is 0.788. The number of aromatic nitrogens is 2. The molecular weight excluding hydrogens is 178 g/mol. The first-order valence-electron chi connectivity index (χ1n) is 4.65. The highest BCUT2D eigenvalue weighted by atomic mass is 16.3. The maximum Gasteiger partial charge on any atom is 0.247 e. The zero-order valence-corrected chi connectivity index (χ0v) is 8.32. The summed E-state index contributed by atoms with van der Waals surface area (Å²) < 4.78 is 5.12. The van der Waals surface area contributed by atoms with Crippen molar-refractivity contribution >= 4 is 16.9 Å². The summed E-state index contributed by atoms with van der Waals surface area (Å²) in [6.07, 6.45) is 2.25. The van der Waals surface area contributed by atoms with Crippen LogP contribution in [0.5, 0.6) is 0 Å². The molecule has 0 spiro atoms. The molecule has 4 heteroatoms. The predicted octanol–water partition coefficient (Wildman–Crippen LogP) is 2.00. The lowest BCUT2D eigenvalue weighted by atomic mass is 10.1. The number of pyridine rings is 1. The smallest absolute Gasteiger partial charge is 0.247 e. The average Bonchev–Trinajstić information content (AvgIpc) is 2.51. The van der Waals surface area contributed by atoms with Gasteiger partial charge in [-0.15, -0.1) is 0 Å². The molecule has 74 valence electrons. The van der Waals surface area contributed by atoms with Crippen molar-refractivity contribution in [2.24, 2.45) is 5.92 Å². The molecule has 2 heterocycles. The Morgan fingerprint density at radius 1 is 1.50 bits per heavy atom. The van der Waals surface area contributed by atoms with Crippen molar-refractivity contribution in [2.45, 2.75) is 20.3 Å². The fourth-order valence-electron chi connectivity index (χ4n) is 1.40. The van der Waals surface area contributed by atoms with Crippen LogP contribution in [0.1, 0.15) is 19.5 Å². The predicted molar refractivity (Wildman–Crippen MR) is 54.8 cm³/mol. The van der Waals surface area contributed by atoms with Crippen LogP contribution in [0.4, 0.5) is 5.69 Å². The normalized spacial score (nSPS) is 11.4. The van der Waals surface area contributed by atoms with Gasteiger partial charge < -0.3 is 10.2 Å². The summed E-state index contributed by atoms with van der Waals surface area (Å²) in [7, 11) is 0. The summed E-state index contributed by atoms with van der Waals surface area (Å²) in [5.41, 5.74) is 8.72. The Balaban J connectivity index is 2.48. The molecule has 14 heavy (non-hydrogen) atoms. The highest BCUT2D eigenvalue weighted by Crippen LogP contribution is 2.19. The first-order valence-corrected chi connectivity index (χ1v) is 4.65. The molecule has 0 aromatic carbocycles. The molecule has 0 aliphatic rings. The minimum Gasteiger partial charge on any atom is -0.425 e. The number of hydrogen-bond donors (Lipinski definition) is 1. The van der Waals surface area contributed by atoms with Crippen LogP contribution in [0.15, 0.2) is 16.9 Å². The minimum atomic E-state index is 0.533. The zero-order valence-electron chi connectivity index (χ0n) is 8.32. The molecule has 0 bridgehead atoms. The van der Waals surface area contributed by atoms with E-state index >= 15 is 0 Å². The van der Waals surface area contributed by atoms with Crippen LogP contribution in [-0.4, -0.2) is 9.97 Å². The van der Waals surface area contributed by atoms with Gasteiger partial charge in [-0.1, -0.05) is 13.8 Å². The lowest BCUT2D eigenvalue weighted by Gasteiger charge is -2.06. The molecule has 0 radical (unpaired) electrons. The van der Waals surface area contributed by atoms with Gasteiger partial charge in [-0.3, -0.25) is 0 Å². The van der Waals surface area contributed by atoms with Crippen LogP contribution in [0.3, 0.4) is 0 Å². The van der Waals surface area contributed by atoms with Gasteiger partial charge in [0, 0.05) is 0 Å². The Hall–Kier alpha value is -1.58. The fourth-order valence-corrected chi connectivity index (χ4v) is 1.40. The molecule has 2 N–H and O–H groups in total.